The number of carbonyl (C=O) groups is 1. The molecule has 1 atom stereocenters. The molecule has 4 rings (SSSR count). The standard InChI is InChI=1S/C17H17N5O2/c1-10-3-2-4-15-18-9-13(17(24)22(10)15)16(23)20-12-6-5-11-8-19-21-14(11)7-12/h2-4,8-9,12H,5-7H2,1H3,(H,19,21)(H,20,23)/t12-/m1/s1. The number of fused-ring (bicyclic) bond motifs is 2. The van der Waals surface area contributed by atoms with Crippen molar-refractivity contribution in [2.24, 2.45) is 0 Å². The van der Waals surface area contributed by atoms with Crippen LogP contribution in [-0.2, 0) is 12.8 Å². The van der Waals surface area contributed by atoms with E-state index in [1.54, 1.807) is 6.07 Å². The summed E-state index contributed by atoms with van der Waals surface area (Å²) < 4.78 is 1.46. The Morgan fingerprint density at radius 1 is 1.38 bits per heavy atom. The van der Waals surface area contributed by atoms with Crippen molar-refractivity contribution >= 4 is 11.6 Å². The zero-order chi connectivity index (χ0) is 16.7. The van der Waals surface area contributed by atoms with Crippen molar-refractivity contribution in [3.05, 3.63) is 63.5 Å². The summed E-state index contributed by atoms with van der Waals surface area (Å²) in [7, 11) is 0. The van der Waals surface area contributed by atoms with E-state index in [0.29, 0.717) is 12.1 Å². The maximum atomic E-state index is 12.6. The van der Waals surface area contributed by atoms with Crippen LogP contribution in [0.15, 0.2) is 35.4 Å². The van der Waals surface area contributed by atoms with E-state index in [2.05, 4.69) is 20.5 Å². The second kappa shape index (κ2) is 5.59. The molecule has 7 nitrogen and oxygen atoms in total. The number of aromatic amines is 1. The minimum absolute atomic E-state index is 0.0117. The molecule has 0 bridgehead atoms. The molecule has 0 saturated heterocycles. The van der Waals surface area contributed by atoms with Gasteiger partial charge in [-0.15, -0.1) is 0 Å². The lowest BCUT2D eigenvalue weighted by Gasteiger charge is -2.22. The molecule has 24 heavy (non-hydrogen) atoms. The monoisotopic (exact) mass is 323 g/mol. The highest BCUT2D eigenvalue weighted by Crippen LogP contribution is 2.19. The lowest BCUT2D eigenvalue weighted by Crippen LogP contribution is -2.41. The van der Waals surface area contributed by atoms with Gasteiger partial charge in [-0.3, -0.25) is 19.1 Å². The van der Waals surface area contributed by atoms with Crippen molar-refractivity contribution < 1.29 is 4.79 Å². The van der Waals surface area contributed by atoms with Gasteiger partial charge in [0.25, 0.3) is 11.5 Å². The number of amides is 1. The van der Waals surface area contributed by atoms with Gasteiger partial charge in [-0.1, -0.05) is 6.07 Å². The number of aromatic nitrogens is 4. The van der Waals surface area contributed by atoms with Crippen molar-refractivity contribution in [2.45, 2.75) is 32.2 Å². The molecule has 122 valence electrons. The number of aryl methyl sites for hydroxylation is 2. The van der Waals surface area contributed by atoms with Gasteiger partial charge in [-0.2, -0.15) is 5.10 Å². The number of hydrogen-bond acceptors (Lipinski definition) is 4. The smallest absolute Gasteiger partial charge is 0.270 e. The van der Waals surface area contributed by atoms with Gasteiger partial charge in [0.2, 0.25) is 0 Å². The van der Waals surface area contributed by atoms with Crippen LogP contribution in [0.2, 0.25) is 0 Å². The summed E-state index contributed by atoms with van der Waals surface area (Å²) in [4.78, 5) is 29.4. The van der Waals surface area contributed by atoms with Gasteiger partial charge in [0, 0.05) is 30.0 Å². The SMILES string of the molecule is Cc1cccc2ncc(C(=O)N[C@@H]3CCc4cn[nH]c4C3)c(=O)n12. The molecule has 3 aromatic rings. The van der Waals surface area contributed by atoms with Crippen molar-refractivity contribution in [3.8, 4) is 0 Å². The Labute approximate surface area is 137 Å². The van der Waals surface area contributed by atoms with Crippen LogP contribution in [0.4, 0.5) is 0 Å². The van der Waals surface area contributed by atoms with Gasteiger partial charge in [0.15, 0.2) is 0 Å². The first-order valence-electron chi connectivity index (χ1n) is 7.93. The maximum Gasteiger partial charge on any atom is 0.270 e. The third-order valence-corrected chi connectivity index (χ3v) is 4.52. The molecular weight excluding hydrogens is 306 g/mol. The molecule has 0 saturated carbocycles. The predicted molar refractivity (Wildman–Crippen MR) is 88.1 cm³/mol. The Kier molecular flexibility index (Phi) is 3.41. The first-order valence-corrected chi connectivity index (χ1v) is 7.93. The fraction of sp³-hybridized carbons (Fsp3) is 0.294. The van der Waals surface area contributed by atoms with Crippen molar-refractivity contribution in [2.75, 3.05) is 0 Å². The van der Waals surface area contributed by atoms with Gasteiger partial charge in [0.05, 0.1) is 6.20 Å². The minimum Gasteiger partial charge on any atom is -0.349 e. The van der Waals surface area contributed by atoms with E-state index in [-0.39, 0.29) is 23.1 Å². The molecule has 0 aromatic carbocycles. The van der Waals surface area contributed by atoms with Gasteiger partial charge in [-0.05, 0) is 37.5 Å². The molecule has 3 heterocycles. The van der Waals surface area contributed by atoms with Gasteiger partial charge >= 0.3 is 0 Å². The zero-order valence-corrected chi connectivity index (χ0v) is 13.2. The van der Waals surface area contributed by atoms with E-state index in [0.717, 1.165) is 24.2 Å². The maximum absolute atomic E-state index is 12.6. The summed E-state index contributed by atoms with van der Waals surface area (Å²) in [6.07, 6.45) is 5.58. The van der Waals surface area contributed by atoms with Crippen LogP contribution in [0.5, 0.6) is 0 Å². The van der Waals surface area contributed by atoms with Crippen molar-refractivity contribution in [3.63, 3.8) is 0 Å². The number of carbonyl (C=O) groups excluding carboxylic acids is 1. The molecule has 0 unspecified atom stereocenters. The number of hydrogen-bond donors (Lipinski definition) is 2. The summed E-state index contributed by atoms with van der Waals surface area (Å²) in [5.41, 5.74) is 3.26. The molecule has 7 heteroatoms. The molecule has 0 radical (unpaired) electrons. The van der Waals surface area contributed by atoms with E-state index < -0.39 is 0 Å². The van der Waals surface area contributed by atoms with Crippen LogP contribution in [0, 0.1) is 6.92 Å². The fourth-order valence-corrected chi connectivity index (χ4v) is 3.22. The highest BCUT2D eigenvalue weighted by molar-refractivity contribution is 5.94. The second-order valence-electron chi connectivity index (χ2n) is 6.12. The molecular formula is C17H17N5O2. The first kappa shape index (κ1) is 14.6. The Hall–Kier alpha value is -2.96. The Morgan fingerprint density at radius 2 is 2.25 bits per heavy atom. The average Bonchev–Trinajstić information content (AvgIpc) is 3.02. The van der Waals surface area contributed by atoms with Crippen LogP contribution in [0.3, 0.4) is 0 Å². The summed E-state index contributed by atoms with van der Waals surface area (Å²) in [5, 5.41) is 9.95. The van der Waals surface area contributed by atoms with Crippen molar-refractivity contribution in [1.82, 2.24) is 24.9 Å². The van der Waals surface area contributed by atoms with E-state index in [4.69, 9.17) is 0 Å². The summed E-state index contributed by atoms with van der Waals surface area (Å²) in [5.74, 6) is -0.377. The first-order chi connectivity index (χ1) is 11.6. The summed E-state index contributed by atoms with van der Waals surface area (Å²) >= 11 is 0. The topological polar surface area (TPSA) is 92.2 Å². The third-order valence-electron chi connectivity index (χ3n) is 4.52. The van der Waals surface area contributed by atoms with E-state index >= 15 is 0 Å². The predicted octanol–water partition coefficient (Wildman–Crippen LogP) is 1.01. The minimum atomic E-state index is -0.377. The summed E-state index contributed by atoms with van der Waals surface area (Å²) in [6.45, 7) is 1.82. The van der Waals surface area contributed by atoms with E-state index in [1.165, 1.54) is 16.2 Å². The Morgan fingerprint density at radius 3 is 3.12 bits per heavy atom. The second-order valence-corrected chi connectivity index (χ2v) is 6.12. The molecule has 1 aliphatic carbocycles. The molecule has 0 aliphatic heterocycles. The lowest BCUT2D eigenvalue weighted by molar-refractivity contribution is 0.0931. The van der Waals surface area contributed by atoms with E-state index in [9.17, 15) is 9.59 Å². The molecule has 0 fully saturated rings. The average molecular weight is 323 g/mol. The lowest BCUT2D eigenvalue weighted by atomic mass is 9.93. The largest absolute Gasteiger partial charge is 0.349 e. The third kappa shape index (κ3) is 2.38. The number of H-pyrrole nitrogens is 1. The molecule has 2 N–H and O–H groups in total. The molecule has 3 aromatic heterocycles. The van der Waals surface area contributed by atoms with Gasteiger partial charge in [0.1, 0.15) is 11.2 Å². The van der Waals surface area contributed by atoms with Gasteiger partial charge in [-0.25, -0.2) is 4.98 Å². The molecule has 1 amide bonds. The molecule has 0 spiro atoms. The highest BCUT2D eigenvalue weighted by atomic mass is 16.2. The van der Waals surface area contributed by atoms with E-state index in [1.807, 2.05) is 25.3 Å². The van der Waals surface area contributed by atoms with Gasteiger partial charge < -0.3 is 5.32 Å². The highest BCUT2D eigenvalue weighted by Gasteiger charge is 2.23. The number of rotatable bonds is 2. The quantitative estimate of drug-likeness (QED) is 0.736. The zero-order valence-electron chi connectivity index (χ0n) is 13.2. The van der Waals surface area contributed by atoms with Crippen LogP contribution in [-0.4, -0.2) is 31.5 Å². The Balaban J connectivity index is 1.61. The summed E-state index contributed by atoms with van der Waals surface area (Å²) in [6, 6.07) is 5.39. The van der Waals surface area contributed by atoms with Crippen LogP contribution in [0.1, 0.15) is 33.7 Å². The normalized spacial score (nSPS) is 16.8. The van der Waals surface area contributed by atoms with Crippen LogP contribution < -0.4 is 10.9 Å². The van der Waals surface area contributed by atoms with Crippen LogP contribution in [0.25, 0.3) is 5.65 Å². The van der Waals surface area contributed by atoms with Crippen molar-refractivity contribution in [1.29, 1.82) is 0 Å². The fourth-order valence-electron chi connectivity index (χ4n) is 3.22. The Bertz CT molecular complexity index is 988. The molecule has 1 aliphatic rings. The number of nitrogens with one attached hydrogen (secondary N) is 2. The number of pyridine rings is 1. The number of nitrogens with zero attached hydrogens (tertiary/aromatic N) is 3. The van der Waals surface area contributed by atoms with Crippen LogP contribution >= 0.6 is 0 Å².